The van der Waals surface area contributed by atoms with Gasteiger partial charge in [-0.1, -0.05) is 0 Å². The molecule has 0 radical (unpaired) electrons. The number of aromatic nitrogens is 1. The average Bonchev–Trinajstić information content (AvgIpc) is 3.71. The summed E-state index contributed by atoms with van der Waals surface area (Å²) in [6, 6.07) is 19.3. The Hall–Kier alpha value is -3.34. The SMILES string of the molecule is Cl.Cl.Cl.Nc1ccc(Nc2c3ccc(NC(=O)CCN4CCCC4)cc3nc3cc(NC(=O)CCN4CCCC4)ccc23)cc1. The Kier molecular flexibility index (Phi) is 13.5. The average molecular weight is 675 g/mol. The lowest BCUT2D eigenvalue weighted by Crippen LogP contribution is -2.25. The van der Waals surface area contributed by atoms with E-state index in [0.29, 0.717) is 29.9 Å². The largest absolute Gasteiger partial charge is 0.399 e. The van der Waals surface area contributed by atoms with Crippen LogP contribution in [0, 0.1) is 0 Å². The molecule has 2 aliphatic rings. The first-order chi connectivity index (χ1) is 20.5. The standard InChI is InChI=1S/C33H39N7O2.3ClH/c34-23-5-7-24(8-6-23)37-33-27-11-9-25(35-31(41)13-19-39-15-1-2-16-39)21-29(27)38-30-22-26(10-12-28(30)33)36-32(42)14-20-40-17-3-4-18-40;;;/h5-12,21-22H,1-4,13-20,34H2,(H,35,41)(H,36,42)(H,37,38);3*1H. The molecule has 0 bridgehead atoms. The molecule has 2 fully saturated rings. The second-order valence-electron chi connectivity index (χ2n) is 11.4. The van der Waals surface area contributed by atoms with Crippen molar-refractivity contribution in [1.82, 2.24) is 14.8 Å². The molecule has 0 aliphatic carbocycles. The highest BCUT2D eigenvalue weighted by Crippen LogP contribution is 2.35. The number of pyridine rings is 1. The molecule has 242 valence electrons. The van der Waals surface area contributed by atoms with E-state index in [-0.39, 0.29) is 49.0 Å². The van der Waals surface area contributed by atoms with Crippen LogP contribution in [0.1, 0.15) is 38.5 Å². The van der Waals surface area contributed by atoms with Crippen LogP contribution in [0.3, 0.4) is 0 Å². The predicted octanol–water partition coefficient (Wildman–Crippen LogP) is 6.83. The number of carbonyl (C=O) groups excluding carboxylic acids is 2. The van der Waals surface area contributed by atoms with Gasteiger partial charge in [-0.2, -0.15) is 0 Å². The molecule has 12 heteroatoms. The normalized spacial score (nSPS) is 14.8. The number of carbonyl (C=O) groups is 2. The van der Waals surface area contributed by atoms with Gasteiger partial charge in [-0.25, -0.2) is 4.98 Å². The summed E-state index contributed by atoms with van der Waals surface area (Å²) in [5.74, 6) is 0.00221. The topological polar surface area (TPSA) is 116 Å². The lowest BCUT2D eigenvalue weighted by molar-refractivity contribution is -0.117. The number of anilines is 5. The Morgan fingerprint density at radius 3 is 1.51 bits per heavy atom. The van der Waals surface area contributed by atoms with Crippen LogP contribution < -0.4 is 21.7 Å². The fourth-order valence-electron chi connectivity index (χ4n) is 5.93. The van der Waals surface area contributed by atoms with Crippen molar-refractivity contribution in [1.29, 1.82) is 0 Å². The molecule has 5 N–H and O–H groups in total. The number of nitrogens with zero attached hydrogens (tertiary/aromatic N) is 3. The molecule has 6 rings (SSSR count). The lowest BCUT2D eigenvalue weighted by atomic mass is 10.1. The summed E-state index contributed by atoms with van der Waals surface area (Å²) >= 11 is 0. The Balaban J connectivity index is 0.00000184. The molecule has 4 aromatic rings. The van der Waals surface area contributed by atoms with E-state index >= 15 is 0 Å². The number of fused-ring (bicyclic) bond motifs is 2. The van der Waals surface area contributed by atoms with Crippen molar-refractivity contribution in [3.8, 4) is 0 Å². The number of hydrogen-bond acceptors (Lipinski definition) is 7. The summed E-state index contributed by atoms with van der Waals surface area (Å²) in [5, 5.41) is 11.5. The van der Waals surface area contributed by atoms with E-state index in [9.17, 15) is 9.59 Å². The van der Waals surface area contributed by atoms with E-state index in [1.807, 2.05) is 60.7 Å². The maximum absolute atomic E-state index is 12.7. The molecule has 2 aliphatic heterocycles. The molecule has 0 unspecified atom stereocenters. The van der Waals surface area contributed by atoms with Gasteiger partial charge >= 0.3 is 0 Å². The lowest BCUT2D eigenvalue weighted by Gasteiger charge is -2.16. The quantitative estimate of drug-likeness (QED) is 0.108. The highest BCUT2D eigenvalue weighted by Gasteiger charge is 2.16. The maximum Gasteiger partial charge on any atom is 0.225 e. The molecule has 45 heavy (non-hydrogen) atoms. The molecule has 0 atom stereocenters. The number of benzene rings is 3. The minimum Gasteiger partial charge on any atom is -0.399 e. The van der Waals surface area contributed by atoms with Gasteiger partial charge in [0.15, 0.2) is 0 Å². The number of amides is 2. The summed E-state index contributed by atoms with van der Waals surface area (Å²) in [6.07, 6.45) is 5.78. The summed E-state index contributed by atoms with van der Waals surface area (Å²) < 4.78 is 0. The highest BCUT2D eigenvalue weighted by molar-refractivity contribution is 6.10. The van der Waals surface area contributed by atoms with Crippen LogP contribution in [0.15, 0.2) is 60.7 Å². The summed E-state index contributed by atoms with van der Waals surface area (Å²) in [4.78, 5) is 35.1. The van der Waals surface area contributed by atoms with Gasteiger partial charge in [0.25, 0.3) is 0 Å². The van der Waals surface area contributed by atoms with Crippen LogP contribution in [0.4, 0.5) is 28.4 Å². The van der Waals surface area contributed by atoms with Crippen LogP contribution in [-0.2, 0) is 9.59 Å². The van der Waals surface area contributed by atoms with Gasteiger partial charge in [0.1, 0.15) is 0 Å². The number of nitrogen functional groups attached to an aromatic ring is 1. The summed E-state index contributed by atoms with van der Waals surface area (Å²) in [5.41, 5.74) is 11.3. The predicted molar refractivity (Wildman–Crippen MR) is 193 cm³/mol. The van der Waals surface area contributed by atoms with E-state index in [4.69, 9.17) is 10.7 Å². The second kappa shape index (κ2) is 16.8. The van der Waals surface area contributed by atoms with Crippen molar-refractivity contribution in [2.45, 2.75) is 38.5 Å². The minimum absolute atomic E-state index is 0. The number of rotatable bonds is 10. The van der Waals surface area contributed by atoms with Crippen molar-refractivity contribution < 1.29 is 9.59 Å². The zero-order valence-corrected chi connectivity index (χ0v) is 27.7. The summed E-state index contributed by atoms with van der Waals surface area (Å²) in [6.45, 7) is 5.86. The number of halogens is 3. The van der Waals surface area contributed by atoms with Gasteiger partial charge in [0.05, 0.1) is 16.7 Å². The van der Waals surface area contributed by atoms with E-state index in [0.717, 1.165) is 72.4 Å². The fraction of sp³-hybridized carbons (Fsp3) is 0.364. The van der Waals surface area contributed by atoms with Gasteiger partial charge in [0.2, 0.25) is 11.8 Å². The van der Waals surface area contributed by atoms with Crippen molar-refractivity contribution >= 4 is 99.3 Å². The van der Waals surface area contributed by atoms with Crippen LogP contribution in [0.2, 0.25) is 0 Å². The first kappa shape index (κ1) is 36.1. The van der Waals surface area contributed by atoms with Gasteiger partial charge in [-0.3, -0.25) is 9.59 Å². The van der Waals surface area contributed by atoms with Crippen LogP contribution in [0.25, 0.3) is 21.8 Å². The Labute approximate surface area is 282 Å². The number of hydrogen-bond donors (Lipinski definition) is 4. The zero-order valence-electron chi connectivity index (χ0n) is 25.2. The molecule has 2 saturated heterocycles. The van der Waals surface area contributed by atoms with Gasteiger partial charge in [0, 0.05) is 59.5 Å². The fourth-order valence-corrected chi connectivity index (χ4v) is 5.93. The molecule has 0 spiro atoms. The van der Waals surface area contributed by atoms with E-state index in [1.165, 1.54) is 25.7 Å². The summed E-state index contributed by atoms with van der Waals surface area (Å²) in [7, 11) is 0. The van der Waals surface area contributed by atoms with Crippen LogP contribution >= 0.6 is 37.2 Å². The number of likely N-dealkylation sites (tertiary alicyclic amines) is 2. The monoisotopic (exact) mass is 673 g/mol. The van der Waals surface area contributed by atoms with Crippen LogP contribution in [-0.4, -0.2) is 65.9 Å². The second-order valence-corrected chi connectivity index (χ2v) is 11.4. The smallest absolute Gasteiger partial charge is 0.225 e. The first-order valence-corrected chi connectivity index (χ1v) is 15.0. The molecule has 1 aromatic heterocycles. The highest BCUT2D eigenvalue weighted by atomic mass is 35.5. The Morgan fingerprint density at radius 2 is 1.07 bits per heavy atom. The third kappa shape index (κ3) is 9.34. The van der Waals surface area contributed by atoms with Crippen molar-refractivity contribution in [2.24, 2.45) is 0 Å². The van der Waals surface area contributed by atoms with E-state index in [1.54, 1.807) is 0 Å². The maximum atomic E-state index is 12.7. The molecular weight excluding hydrogens is 633 g/mol. The van der Waals surface area contributed by atoms with Crippen molar-refractivity contribution in [2.75, 3.05) is 61.0 Å². The zero-order chi connectivity index (χ0) is 28.9. The third-order valence-corrected chi connectivity index (χ3v) is 8.23. The number of nitrogens with two attached hydrogens (primary N) is 1. The molecular formula is C33H42Cl3N7O2. The Morgan fingerprint density at radius 1 is 0.644 bits per heavy atom. The van der Waals surface area contributed by atoms with Gasteiger partial charge < -0.3 is 31.5 Å². The van der Waals surface area contributed by atoms with Gasteiger partial charge in [-0.15, -0.1) is 37.2 Å². The molecule has 3 heterocycles. The minimum atomic E-state index is 0. The molecule has 2 amide bonds. The Bertz CT molecular complexity index is 1500. The molecule has 0 saturated carbocycles. The molecule has 3 aromatic carbocycles. The van der Waals surface area contributed by atoms with E-state index < -0.39 is 0 Å². The van der Waals surface area contributed by atoms with Crippen molar-refractivity contribution in [3.05, 3.63) is 60.7 Å². The molecule has 9 nitrogen and oxygen atoms in total. The van der Waals surface area contributed by atoms with E-state index in [2.05, 4.69) is 25.8 Å². The third-order valence-electron chi connectivity index (χ3n) is 8.23. The number of nitrogens with one attached hydrogen (secondary N) is 3. The van der Waals surface area contributed by atoms with Crippen LogP contribution in [0.5, 0.6) is 0 Å². The van der Waals surface area contributed by atoms with Crippen molar-refractivity contribution in [3.63, 3.8) is 0 Å². The van der Waals surface area contributed by atoms with Gasteiger partial charge in [-0.05, 0) is 113 Å². The first-order valence-electron chi connectivity index (χ1n) is 15.0.